The Morgan fingerprint density at radius 1 is 1.38 bits per heavy atom. The second-order valence-electron chi connectivity index (χ2n) is 6.08. The molecular formula is C17H27NO3. The van der Waals surface area contributed by atoms with E-state index < -0.39 is 0 Å². The fourth-order valence-corrected chi connectivity index (χ4v) is 2.60. The van der Waals surface area contributed by atoms with Crippen molar-refractivity contribution in [2.24, 2.45) is 0 Å². The van der Waals surface area contributed by atoms with Crippen molar-refractivity contribution in [3.63, 3.8) is 0 Å². The van der Waals surface area contributed by atoms with E-state index in [0.29, 0.717) is 6.10 Å². The van der Waals surface area contributed by atoms with E-state index in [0.717, 1.165) is 44.6 Å². The fraction of sp³-hybridized carbons (Fsp3) is 0.647. The van der Waals surface area contributed by atoms with Crippen molar-refractivity contribution in [2.45, 2.75) is 44.2 Å². The molecule has 1 aliphatic heterocycles. The predicted molar refractivity (Wildman–Crippen MR) is 83.8 cm³/mol. The molecule has 0 aromatic heterocycles. The van der Waals surface area contributed by atoms with Crippen LogP contribution in [-0.2, 0) is 11.2 Å². The smallest absolute Gasteiger partial charge is 0.118 e. The summed E-state index contributed by atoms with van der Waals surface area (Å²) in [6.07, 6.45) is 4.39. The molecule has 118 valence electrons. The lowest BCUT2D eigenvalue weighted by Crippen LogP contribution is -2.48. The first-order chi connectivity index (χ1) is 10.1. The molecule has 21 heavy (non-hydrogen) atoms. The molecule has 2 atom stereocenters. The van der Waals surface area contributed by atoms with E-state index in [9.17, 15) is 5.11 Å². The summed E-state index contributed by atoms with van der Waals surface area (Å²) in [4.78, 5) is 0. The number of aryl methyl sites for hydroxylation is 1. The first-order valence-corrected chi connectivity index (χ1v) is 7.76. The Morgan fingerprint density at radius 2 is 2.14 bits per heavy atom. The largest absolute Gasteiger partial charge is 0.497 e. The van der Waals surface area contributed by atoms with Gasteiger partial charge in [0.05, 0.1) is 19.8 Å². The second-order valence-corrected chi connectivity index (χ2v) is 6.08. The Hall–Kier alpha value is -1.10. The molecule has 2 unspecified atom stereocenters. The van der Waals surface area contributed by atoms with Crippen LogP contribution in [0.4, 0.5) is 0 Å². The minimum atomic E-state index is -0.258. The SMILES string of the molecule is COc1ccc(CCC(C)(CO)NCC2CCCO2)cc1. The normalized spacial score (nSPS) is 21.2. The molecule has 1 aromatic carbocycles. The summed E-state index contributed by atoms with van der Waals surface area (Å²) in [6, 6.07) is 8.12. The fourth-order valence-electron chi connectivity index (χ4n) is 2.60. The molecule has 0 radical (unpaired) electrons. The standard InChI is InChI=1S/C17H27NO3/c1-17(13-19,18-12-16-4-3-11-21-16)10-9-14-5-7-15(20-2)8-6-14/h5-8,16,18-19H,3-4,9-13H2,1-2H3. The van der Waals surface area contributed by atoms with Gasteiger partial charge in [0.2, 0.25) is 0 Å². The van der Waals surface area contributed by atoms with Crippen LogP contribution in [0, 0.1) is 0 Å². The van der Waals surface area contributed by atoms with Crippen LogP contribution >= 0.6 is 0 Å². The quantitative estimate of drug-likeness (QED) is 0.771. The van der Waals surface area contributed by atoms with Crippen molar-refractivity contribution in [2.75, 3.05) is 26.9 Å². The van der Waals surface area contributed by atoms with Gasteiger partial charge in [-0.05, 0) is 50.3 Å². The Balaban J connectivity index is 1.81. The molecule has 0 saturated carbocycles. The maximum Gasteiger partial charge on any atom is 0.118 e. The zero-order valence-electron chi connectivity index (χ0n) is 13.1. The van der Waals surface area contributed by atoms with Gasteiger partial charge in [-0.25, -0.2) is 0 Å². The third-order valence-corrected chi connectivity index (χ3v) is 4.25. The van der Waals surface area contributed by atoms with Gasteiger partial charge in [-0.2, -0.15) is 0 Å². The van der Waals surface area contributed by atoms with Crippen LogP contribution in [0.15, 0.2) is 24.3 Å². The molecule has 0 bridgehead atoms. The van der Waals surface area contributed by atoms with Crippen molar-refractivity contribution < 1.29 is 14.6 Å². The highest BCUT2D eigenvalue weighted by Crippen LogP contribution is 2.18. The van der Waals surface area contributed by atoms with Gasteiger partial charge >= 0.3 is 0 Å². The number of methoxy groups -OCH3 is 1. The van der Waals surface area contributed by atoms with Gasteiger partial charge in [0.1, 0.15) is 5.75 Å². The lowest BCUT2D eigenvalue weighted by Gasteiger charge is -2.30. The van der Waals surface area contributed by atoms with Crippen molar-refractivity contribution >= 4 is 0 Å². The third kappa shape index (κ3) is 4.99. The molecule has 2 N–H and O–H groups in total. The summed E-state index contributed by atoms with van der Waals surface area (Å²) >= 11 is 0. The van der Waals surface area contributed by atoms with Gasteiger partial charge < -0.3 is 19.9 Å². The maximum atomic E-state index is 9.70. The highest BCUT2D eigenvalue weighted by atomic mass is 16.5. The molecule has 0 amide bonds. The summed E-state index contributed by atoms with van der Waals surface area (Å²) in [5.41, 5.74) is 1.00. The molecule has 1 heterocycles. The number of hydrogen-bond donors (Lipinski definition) is 2. The minimum absolute atomic E-state index is 0.135. The summed E-state index contributed by atoms with van der Waals surface area (Å²) in [5, 5.41) is 13.2. The van der Waals surface area contributed by atoms with E-state index in [4.69, 9.17) is 9.47 Å². The van der Waals surface area contributed by atoms with Crippen molar-refractivity contribution in [1.82, 2.24) is 5.32 Å². The van der Waals surface area contributed by atoms with Crippen LogP contribution in [0.5, 0.6) is 5.75 Å². The zero-order chi connectivity index (χ0) is 15.1. The van der Waals surface area contributed by atoms with Crippen LogP contribution in [0.1, 0.15) is 31.7 Å². The molecular weight excluding hydrogens is 266 g/mol. The predicted octanol–water partition coefficient (Wildman–Crippen LogP) is 2.15. The highest BCUT2D eigenvalue weighted by molar-refractivity contribution is 5.27. The Labute approximate surface area is 127 Å². The Bertz CT molecular complexity index is 415. The van der Waals surface area contributed by atoms with Gasteiger partial charge in [0.15, 0.2) is 0 Å². The molecule has 1 aromatic rings. The van der Waals surface area contributed by atoms with Gasteiger partial charge in [-0.3, -0.25) is 0 Å². The van der Waals surface area contributed by atoms with Crippen LogP contribution in [0.2, 0.25) is 0 Å². The first kappa shape index (κ1) is 16.3. The number of ether oxygens (including phenoxy) is 2. The van der Waals surface area contributed by atoms with Crippen LogP contribution in [0.3, 0.4) is 0 Å². The van der Waals surface area contributed by atoms with Gasteiger partial charge in [-0.1, -0.05) is 12.1 Å². The van der Waals surface area contributed by atoms with E-state index in [1.165, 1.54) is 5.56 Å². The van der Waals surface area contributed by atoms with Gasteiger partial charge in [0.25, 0.3) is 0 Å². The Morgan fingerprint density at radius 3 is 2.71 bits per heavy atom. The van der Waals surface area contributed by atoms with Crippen LogP contribution in [-0.4, -0.2) is 43.6 Å². The van der Waals surface area contributed by atoms with E-state index >= 15 is 0 Å². The lowest BCUT2D eigenvalue weighted by atomic mass is 9.93. The highest BCUT2D eigenvalue weighted by Gasteiger charge is 2.25. The molecule has 1 aliphatic rings. The van der Waals surface area contributed by atoms with Crippen LogP contribution in [0.25, 0.3) is 0 Å². The first-order valence-electron chi connectivity index (χ1n) is 7.76. The number of benzene rings is 1. The minimum Gasteiger partial charge on any atom is -0.497 e. The van der Waals surface area contributed by atoms with E-state index in [1.807, 2.05) is 12.1 Å². The number of aliphatic hydroxyl groups excluding tert-OH is 1. The van der Waals surface area contributed by atoms with E-state index in [1.54, 1.807) is 7.11 Å². The molecule has 2 rings (SSSR count). The second kappa shape index (κ2) is 7.78. The van der Waals surface area contributed by atoms with Gasteiger partial charge in [0, 0.05) is 18.7 Å². The molecule has 4 nitrogen and oxygen atoms in total. The summed E-state index contributed by atoms with van der Waals surface area (Å²) in [6.45, 7) is 3.90. The van der Waals surface area contributed by atoms with Crippen LogP contribution < -0.4 is 10.1 Å². The molecule has 4 heteroatoms. The summed E-state index contributed by atoms with van der Waals surface area (Å²) in [5.74, 6) is 0.875. The van der Waals surface area contributed by atoms with Gasteiger partial charge in [-0.15, -0.1) is 0 Å². The van der Waals surface area contributed by atoms with E-state index in [2.05, 4.69) is 24.4 Å². The number of aliphatic hydroxyl groups is 1. The monoisotopic (exact) mass is 293 g/mol. The maximum absolute atomic E-state index is 9.70. The third-order valence-electron chi connectivity index (χ3n) is 4.25. The number of hydrogen-bond acceptors (Lipinski definition) is 4. The topological polar surface area (TPSA) is 50.7 Å². The Kier molecular flexibility index (Phi) is 6.03. The van der Waals surface area contributed by atoms with E-state index in [-0.39, 0.29) is 12.1 Å². The lowest BCUT2D eigenvalue weighted by molar-refractivity contribution is 0.0894. The molecule has 1 saturated heterocycles. The average Bonchev–Trinajstić information content (AvgIpc) is 3.05. The summed E-state index contributed by atoms with van der Waals surface area (Å²) < 4.78 is 10.8. The number of nitrogens with one attached hydrogen (secondary N) is 1. The molecule has 0 spiro atoms. The summed E-state index contributed by atoms with van der Waals surface area (Å²) in [7, 11) is 1.67. The van der Waals surface area contributed by atoms with Crippen molar-refractivity contribution in [1.29, 1.82) is 0 Å². The zero-order valence-corrected chi connectivity index (χ0v) is 13.1. The average molecular weight is 293 g/mol. The van der Waals surface area contributed by atoms with Crippen molar-refractivity contribution in [3.05, 3.63) is 29.8 Å². The molecule has 1 fully saturated rings. The molecule has 0 aliphatic carbocycles. The van der Waals surface area contributed by atoms with Crippen molar-refractivity contribution in [3.8, 4) is 5.75 Å². The number of rotatable bonds is 8.